The molecule has 0 saturated heterocycles. The van der Waals surface area contributed by atoms with Crippen LogP contribution in [0.4, 0.5) is 0 Å². The number of hydrogen-bond donors (Lipinski definition) is 1. The normalized spacial score (nSPS) is 10.8. The molecule has 0 aromatic heterocycles. The average Bonchev–Trinajstić information content (AvgIpc) is 2.27. The Morgan fingerprint density at radius 3 is 2.44 bits per heavy atom. The molecule has 16 heavy (non-hydrogen) atoms. The fraction of sp³-hybridized carbons (Fsp3) is 0.333. The summed E-state index contributed by atoms with van der Waals surface area (Å²) in [5, 5.41) is 0. The number of halogens is 1. The van der Waals surface area contributed by atoms with Crippen LogP contribution in [0.3, 0.4) is 0 Å². The third-order valence-corrected chi connectivity index (χ3v) is 2.85. The summed E-state index contributed by atoms with van der Waals surface area (Å²) in [6.07, 6.45) is 3.83. The van der Waals surface area contributed by atoms with Crippen molar-refractivity contribution >= 4 is 22.0 Å². The lowest BCUT2D eigenvalue weighted by atomic mass is 10.1. The van der Waals surface area contributed by atoms with Crippen LogP contribution in [0.25, 0.3) is 6.08 Å². The molecule has 0 unspecified atom stereocenters. The molecule has 1 aromatic rings. The topological polar surface area (TPSA) is 44.5 Å². The van der Waals surface area contributed by atoms with Gasteiger partial charge in [-0.05, 0) is 34.5 Å². The second kappa shape index (κ2) is 5.92. The molecule has 4 heteroatoms. The summed E-state index contributed by atoms with van der Waals surface area (Å²) in [5.41, 5.74) is 7.55. The van der Waals surface area contributed by atoms with Crippen LogP contribution in [0.15, 0.2) is 16.6 Å². The first-order valence-corrected chi connectivity index (χ1v) is 5.72. The quantitative estimate of drug-likeness (QED) is 0.925. The Morgan fingerprint density at radius 2 is 1.94 bits per heavy atom. The molecule has 0 bridgehead atoms. The summed E-state index contributed by atoms with van der Waals surface area (Å²) >= 11 is 3.45. The van der Waals surface area contributed by atoms with E-state index in [1.807, 2.05) is 25.1 Å². The zero-order valence-corrected chi connectivity index (χ0v) is 11.3. The minimum absolute atomic E-state index is 0.501. The van der Waals surface area contributed by atoms with Crippen molar-refractivity contribution in [3.8, 4) is 11.5 Å². The van der Waals surface area contributed by atoms with Crippen LogP contribution in [0.2, 0.25) is 0 Å². The molecular weight excluding hydrogens is 270 g/mol. The zero-order chi connectivity index (χ0) is 12.1. The Kier molecular flexibility index (Phi) is 4.83. The van der Waals surface area contributed by atoms with Gasteiger partial charge in [-0.15, -0.1) is 0 Å². The van der Waals surface area contributed by atoms with Crippen molar-refractivity contribution in [2.75, 3.05) is 20.8 Å². The molecule has 0 aliphatic rings. The highest BCUT2D eigenvalue weighted by Crippen LogP contribution is 2.40. The first-order chi connectivity index (χ1) is 7.65. The predicted octanol–water partition coefficient (Wildman–Crippen LogP) is 2.75. The first-order valence-electron chi connectivity index (χ1n) is 4.93. The van der Waals surface area contributed by atoms with Crippen LogP contribution in [0.5, 0.6) is 11.5 Å². The summed E-state index contributed by atoms with van der Waals surface area (Å²) in [7, 11) is 3.25. The van der Waals surface area contributed by atoms with E-state index in [-0.39, 0.29) is 0 Å². The minimum Gasteiger partial charge on any atom is -0.492 e. The molecule has 88 valence electrons. The summed E-state index contributed by atoms with van der Waals surface area (Å²) in [6.45, 7) is 2.52. The van der Waals surface area contributed by atoms with E-state index >= 15 is 0 Å². The molecule has 0 fully saturated rings. The van der Waals surface area contributed by atoms with Gasteiger partial charge in [0.25, 0.3) is 0 Å². The Balaban J connectivity index is 3.39. The van der Waals surface area contributed by atoms with E-state index < -0.39 is 0 Å². The van der Waals surface area contributed by atoms with Gasteiger partial charge in [0.15, 0.2) is 11.5 Å². The van der Waals surface area contributed by atoms with Gasteiger partial charge in [-0.1, -0.05) is 12.2 Å². The van der Waals surface area contributed by atoms with Crippen molar-refractivity contribution in [3.05, 3.63) is 27.7 Å². The molecule has 0 atom stereocenters. The zero-order valence-electron chi connectivity index (χ0n) is 9.71. The van der Waals surface area contributed by atoms with Crippen molar-refractivity contribution in [2.45, 2.75) is 6.92 Å². The largest absolute Gasteiger partial charge is 0.492 e. The number of rotatable bonds is 4. The van der Waals surface area contributed by atoms with Gasteiger partial charge in [-0.3, -0.25) is 0 Å². The monoisotopic (exact) mass is 285 g/mol. The lowest BCUT2D eigenvalue weighted by Gasteiger charge is -2.14. The SMILES string of the molecule is COc1c(Br)cc(C)c(/C=C/CN)c1OC. The molecule has 0 heterocycles. The van der Waals surface area contributed by atoms with E-state index in [1.54, 1.807) is 14.2 Å². The van der Waals surface area contributed by atoms with Crippen molar-refractivity contribution < 1.29 is 9.47 Å². The maximum atomic E-state index is 5.45. The molecule has 3 nitrogen and oxygen atoms in total. The Morgan fingerprint density at radius 1 is 1.31 bits per heavy atom. The van der Waals surface area contributed by atoms with E-state index in [1.165, 1.54) is 0 Å². The number of hydrogen-bond acceptors (Lipinski definition) is 3. The molecule has 2 N–H and O–H groups in total. The number of methoxy groups -OCH3 is 2. The number of aryl methyl sites for hydroxylation is 1. The van der Waals surface area contributed by atoms with Gasteiger partial charge >= 0.3 is 0 Å². The second-order valence-electron chi connectivity index (χ2n) is 3.29. The standard InChI is InChI=1S/C12H16BrNO2/c1-8-7-10(13)12(16-3)11(15-2)9(8)5-4-6-14/h4-5,7H,6,14H2,1-3H3/b5-4+. The second-order valence-corrected chi connectivity index (χ2v) is 4.15. The molecular formula is C12H16BrNO2. The highest BCUT2D eigenvalue weighted by Gasteiger charge is 2.14. The Bertz CT molecular complexity index is 402. The minimum atomic E-state index is 0.501. The maximum Gasteiger partial charge on any atom is 0.175 e. The molecule has 0 aliphatic carbocycles. The van der Waals surface area contributed by atoms with Gasteiger partial charge in [-0.25, -0.2) is 0 Å². The summed E-state index contributed by atoms with van der Waals surface area (Å²) < 4.78 is 11.6. The third kappa shape index (κ3) is 2.57. The van der Waals surface area contributed by atoms with E-state index in [0.717, 1.165) is 21.3 Å². The highest BCUT2D eigenvalue weighted by atomic mass is 79.9. The van der Waals surface area contributed by atoms with Crippen LogP contribution in [-0.2, 0) is 0 Å². The number of nitrogens with two attached hydrogens (primary N) is 1. The highest BCUT2D eigenvalue weighted by molar-refractivity contribution is 9.10. The molecule has 0 aliphatic heterocycles. The van der Waals surface area contributed by atoms with E-state index in [2.05, 4.69) is 15.9 Å². The Hall–Kier alpha value is -1.00. The lowest BCUT2D eigenvalue weighted by Crippen LogP contribution is -1.97. The van der Waals surface area contributed by atoms with Gasteiger partial charge in [0, 0.05) is 12.1 Å². The van der Waals surface area contributed by atoms with Gasteiger partial charge in [-0.2, -0.15) is 0 Å². The fourth-order valence-corrected chi connectivity index (χ4v) is 2.21. The lowest BCUT2D eigenvalue weighted by molar-refractivity contribution is 0.352. The number of ether oxygens (including phenoxy) is 2. The van der Waals surface area contributed by atoms with Crippen molar-refractivity contribution in [3.63, 3.8) is 0 Å². The van der Waals surface area contributed by atoms with Gasteiger partial charge < -0.3 is 15.2 Å². The fourth-order valence-electron chi connectivity index (χ4n) is 1.53. The van der Waals surface area contributed by atoms with Gasteiger partial charge in [0.2, 0.25) is 0 Å². The molecule has 1 rings (SSSR count). The number of benzene rings is 1. The Labute approximate surface area is 104 Å². The van der Waals surface area contributed by atoms with Gasteiger partial charge in [0.05, 0.1) is 18.7 Å². The van der Waals surface area contributed by atoms with Crippen molar-refractivity contribution in [1.29, 1.82) is 0 Å². The van der Waals surface area contributed by atoms with Gasteiger partial charge in [0.1, 0.15) is 0 Å². The summed E-state index contributed by atoms with van der Waals surface area (Å²) in [6, 6.07) is 2.00. The van der Waals surface area contributed by atoms with Crippen LogP contribution in [-0.4, -0.2) is 20.8 Å². The molecule has 0 spiro atoms. The summed E-state index contributed by atoms with van der Waals surface area (Å²) in [4.78, 5) is 0. The molecule has 1 aromatic carbocycles. The van der Waals surface area contributed by atoms with E-state index in [0.29, 0.717) is 12.3 Å². The van der Waals surface area contributed by atoms with Crippen LogP contribution in [0, 0.1) is 6.92 Å². The third-order valence-electron chi connectivity index (χ3n) is 2.26. The average molecular weight is 286 g/mol. The summed E-state index contributed by atoms with van der Waals surface area (Å²) in [5.74, 6) is 1.42. The first kappa shape index (κ1) is 13.1. The smallest absolute Gasteiger partial charge is 0.175 e. The molecule has 0 radical (unpaired) electrons. The van der Waals surface area contributed by atoms with Crippen LogP contribution < -0.4 is 15.2 Å². The maximum absolute atomic E-state index is 5.45. The van der Waals surface area contributed by atoms with Crippen LogP contribution in [0.1, 0.15) is 11.1 Å². The molecule has 0 amide bonds. The van der Waals surface area contributed by atoms with Crippen molar-refractivity contribution in [1.82, 2.24) is 0 Å². The van der Waals surface area contributed by atoms with E-state index in [4.69, 9.17) is 15.2 Å². The predicted molar refractivity (Wildman–Crippen MR) is 70.1 cm³/mol. The van der Waals surface area contributed by atoms with Crippen LogP contribution >= 0.6 is 15.9 Å². The van der Waals surface area contributed by atoms with Crippen molar-refractivity contribution in [2.24, 2.45) is 5.73 Å². The van der Waals surface area contributed by atoms with E-state index in [9.17, 15) is 0 Å². The molecule has 0 saturated carbocycles.